The van der Waals surface area contributed by atoms with Gasteiger partial charge in [-0.3, -0.25) is 4.68 Å². The Kier molecular flexibility index (Phi) is 7.18. The monoisotopic (exact) mass is 387 g/mol. The Balaban J connectivity index is 1.52. The number of urea groups is 1. The molecule has 0 saturated carbocycles. The van der Waals surface area contributed by atoms with Crippen LogP contribution in [0.2, 0.25) is 0 Å². The van der Waals surface area contributed by atoms with Crippen molar-refractivity contribution in [1.82, 2.24) is 30.0 Å². The van der Waals surface area contributed by atoms with E-state index in [0.717, 1.165) is 37.4 Å². The van der Waals surface area contributed by atoms with E-state index in [-0.39, 0.29) is 6.03 Å². The molecule has 1 atom stereocenters. The minimum atomic E-state index is -0.0750. The molecule has 9 nitrogen and oxygen atoms in total. The van der Waals surface area contributed by atoms with Crippen molar-refractivity contribution < 1.29 is 9.53 Å². The van der Waals surface area contributed by atoms with Gasteiger partial charge in [0, 0.05) is 64.5 Å². The van der Waals surface area contributed by atoms with Crippen molar-refractivity contribution in [3.8, 4) is 0 Å². The third-order valence-electron chi connectivity index (χ3n) is 4.88. The van der Waals surface area contributed by atoms with Gasteiger partial charge in [0.25, 0.3) is 0 Å². The van der Waals surface area contributed by atoms with Gasteiger partial charge in [-0.2, -0.15) is 5.10 Å². The third-order valence-corrected chi connectivity index (χ3v) is 4.88. The van der Waals surface area contributed by atoms with Gasteiger partial charge in [-0.1, -0.05) is 0 Å². The highest BCUT2D eigenvalue weighted by Gasteiger charge is 2.23. The first kappa shape index (κ1) is 20.1. The van der Waals surface area contributed by atoms with E-state index in [9.17, 15) is 4.79 Å². The maximum Gasteiger partial charge on any atom is 0.317 e. The van der Waals surface area contributed by atoms with Gasteiger partial charge in [0.05, 0.1) is 19.3 Å². The lowest BCUT2D eigenvalue weighted by atomic mass is 9.98. The molecule has 1 fully saturated rings. The van der Waals surface area contributed by atoms with E-state index in [2.05, 4.69) is 25.3 Å². The van der Waals surface area contributed by atoms with Gasteiger partial charge >= 0.3 is 6.03 Å². The van der Waals surface area contributed by atoms with Crippen LogP contribution in [0.5, 0.6) is 0 Å². The molecule has 3 heterocycles. The van der Waals surface area contributed by atoms with E-state index < -0.39 is 0 Å². The topological polar surface area (TPSA) is 88.4 Å². The number of amides is 2. The van der Waals surface area contributed by atoms with Gasteiger partial charge in [-0.25, -0.2) is 14.8 Å². The predicted octanol–water partition coefficient (Wildman–Crippen LogP) is 1.28. The average molecular weight is 387 g/mol. The number of carbonyl (C=O) groups excluding carboxylic acids is 1. The van der Waals surface area contributed by atoms with E-state index in [1.807, 2.05) is 19.3 Å². The van der Waals surface area contributed by atoms with Gasteiger partial charge in [0.1, 0.15) is 0 Å². The first-order chi connectivity index (χ1) is 13.7. The van der Waals surface area contributed by atoms with Gasteiger partial charge < -0.3 is 19.9 Å². The first-order valence-corrected chi connectivity index (χ1v) is 9.67. The summed E-state index contributed by atoms with van der Waals surface area (Å²) in [6.45, 7) is 3.98. The summed E-state index contributed by atoms with van der Waals surface area (Å²) in [5.74, 6) is 1.14. The molecule has 2 aromatic rings. The molecular formula is C19H29N7O2. The quantitative estimate of drug-likeness (QED) is 0.734. The first-order valence-electron chi connectivity index (χ1n) is 9.67. The number of hydrogen-bond acceptors (Lipinski definition) is 6. The Hall–Kier alpha value is -2.68. The van der Waals surface area contributed by atoms with Crippen LogP contribution in [-0.4, -0.2) is 70.6 Å². The molecule has 0 bridgehead atoms. The molecule has 1 N–H and O–H groups in total. The number of carbonyl (C=O) groups is 1. The van der Waals surface area contributed by atoms with Crippen LogP contribution in [-0.2, 0) is 18.3 Å². The molecule has 9 heteroatoms. The molecule has 0 radical (unpaired) electrons. The van der Waals surface area contributed by atoms with Gasteiger partial charge in [0.2, 0.25) is 5.95 Å². The molecule has 0 aliphatic carbocycles. The van der Waals surface area contributed by atoms with E-state index in [0.29, 0.717) is 32.2 Å². The summed E-state index contributed by atoms with van der Waals surface area (Å²) in [7, 11) is 3.51. The molecule has 1 saturated heterocycles. The molecule has 2 aromatic heterocycles. The average Bonchev–Trinajstić information content (AvgIpc) is 3.15. The smallest absolute Gasteiger partial charge is 0.317 e. The molecule has 2 amide bonds. The molecule has 152 valence electrons. The van der Waals surface area contributed by atoms with E-state index in [4.69, 9.17) is 4.74 Å². The molecular weight excluding hydrogens is 358 g/mol. The number of nitrogens with zero attached hydrogens (tertiary/aromatic N) is 6. The molecule has 1 aliphatic rings. The van der Waals surface area contributed by atoms with Crippen LogP contribution in [0.3, 0.4) is 0 Å². The predicted molar refractivity (Wildman–Crippen MR) is 106 cm³/mol. The summed E-state index contributed by atoms with van der Waals surface area (Å²) in [6.07, 6.45) is 9.39. The van der Waals surface area contributed by atoms with Crippen LogP contribution >= 0.6 is 0 Å². The van der Waals surface area contributed by atoms with Crippen LogP contribution in [0.4, 0.5) is 10.7 Å². The maximum atomic E-state index is 12.7. The molecule has 0 spiro atoms. The highest BCUT2D eigenvalue weighted by atomic mass is 16.5. The number of methoxy groups -OCH3 is 1. The highest BCUT2D eigenvalue weighted by molar-refractivity contribution is 5.74. The van der Waals surface area contributed by atoms with Crippen molar-refractivity contribution in [3.63, 3.8) is 0 Å². The van der Waals surface area contributed by atoms with Crippen LogP contribution in [0.1, 0.15) is 18.4 Å². The fourth-order valence-electron chi connectivity index (χ4n) is 3.44. The number of aromatic nitrogens is 4. The lowest BCUT2D eigenvalue weighted by molar-refractivity contribution is 0.145. The standard InChI is InChI=1S/C19H29N7O2/c1-24-13-17(12-23-24)15-26(9-10-28-2)19(27)22-11-16-5-3-8-25(14-16)18-20-6-4-7-21-18/h4,6-7,12-13,16H,3,5,8-11,14-15H2,1-2H3,(H,22,27)/t16-/m1/s1. The summed E-state index contributed by atoms with van der Waals surface area (Å²) in [5, 5.41) is 7.27. The zero-order valence-electron chi connectivity index (χ0n) is 16.6. The van der Waals surface area contributed by atoms with Crippen molar-refractivity contribution in [2.24, 2.45) is 13.0 Å². The Labute approximate surface area is 165 Å². The van der Waals surface area contributed by atoms with Crippen LogP contribution in [0.25, 0.3) is 0 Å². The number of rotatable bonds is 8. The number of anilines is 1. The van der Waals surface area contributed by atoms with E-state index >= 15 is 0 Å². The second-order valence-electron chi connectivity index (χ2n) is 7.13. The second-order valence-corrected chi connectivity index (χ2v) is 7.13. The Morgan fingerprint density at radius 2 is 2.21 bits per heavy atom. The van der Waals surface area contributed by atoms with Gasteiger partial charge in [0.15, 0.2) is 0 Å². The van der Waals surface area contributed by atoms with Crippen LogP contribution in [0.15, 0.2) is 30.9 Å². The third kappa shape index (κ3) is 5.66. The van der Waals surface area contributed by atoms with Crippen molar-refractivity contribution in [3.05, 3.63) is 36.4 Å². The summed E-state index contributed by atoms with van der Waals surface area (Å²) in [4.78, 5) is 25.4. The minimum Gasteiger partial charge on any atom is -0.383 e. The molecule has 0 unspecified atom stereocenters. The van der Waals surface area contributed by atoms with Crippen LogP contribution < -0.4 is 10.2 Å². The highest BCUT2D eigenvalue weighted by Crippen LogP contribution is 2.19. The number of aryl methyl sites for hydroxylation is 1. The van der Waals surface area contributed by atoms with Crippen molar-refractivity contribution in [2.45, 2.75) is 19.4 Å². The second kappa shape index (κ2) is 10.0. The van der Waals surface area contributed by atoms with E-state index in [1.165, 1.54) is 0 Å². The molecule has 1 aliphatic heterocycles. The molecule has 0 aromatic carbocycles. The fourth-order valence-corrected chi connectivity index (χ4v) is 3.44. The van der Waals surface area contributed by atoms with Crippen molar-refractivity contribution in [2.75, 3.05) is 44.8 Å². The minimum absolute atomic E-state index is 0.0750. The summed E-state index contributed by atoms with van der Waals surface area (Å²) in [5.41, 5.74) is 0.999. The Morgan fingerprint density at radius 1 is 1.39 bits per heavy atom. The fraction of sp³-hybridized carbons (Fsp3) is 0.579. The summed E-state index contributed by atoms with van der Waals surface area (Å²) in [6, 6.07) is 1.75. The largest absolute Gasteiger partial charge is 0.383 e. The van der Waals surface area contributed by atoms with Crippen molar-refractivity contribution >= 4 is 12.0 Å². The normalized spacial score (nSPS) is 16.8. The van der Waals surface area contributed by atoms with Gasteiger partial charge in [-0.15, -0.1) is 0 Å². The van der Waals surface area contributed by atoms with Gasteiger partial charge in [-0.05, 0) is 24.8 Å². The Morgan fingerprint density at radius 3 is 2.93 bits per heavy atom. The molecule has 28 heavy (non-hydrogen) atoms. The zero-order valence-corrected chi connectivity index (χ0v) is 16.6. The number of ether oxygens (including phenoxy) is 1. The number of piperidine rings is 1. The number of hydrogen-bond donors (Lipinski definition) is 1. The zero-order chi connectivity index (χ0) is 19.8. The molecule has 3 rings (SSSR count). The summed E-state index contributed by atoms with van der Waals surface area (Å²) < 4.78 is 6.90. The lowest BCUT2D eigenvalue weighted by Crippen LogP contribution is -2.46. The Bertz CT molecular complexity index is 737. The lowest BCUT2D eigenvalue weighted by Gasteiger charge is -2.33. The van der Waals surface area contributed by atoms with E-state index in [1.54, 1.807) is 35.3 Å². The van der Waals surface area contributed by atoms with Crippen LogP contribution in [0, 0.1) is 5.92 Å². The maximum absolute atomic E-state index is 12.7. The SMILES string of the molecule is COCCN(Cc1cnn(C)c1)C(=O)NC[C@H]1CCCN(c2ncccn2)C1. The number of nitrogens with one attached hydrogen (secondary N) is 1. The van der Waals surface area contributed by atoms with Crippen molar-refractivity contribution in [1.29, 1.82) is 0 Å². The summed E-state index contributed by atoms with van der Waals surface area (Å²) >= 11 is 0.